The van der Waals surface area contributed by atoms with E-state index >= 15 is 0 Å². The van der Waals surface area contributed by atoms with Gasteiger partial charge in [-0.3, -0.25) is 0 Å². The molecule has 3 atom stereocenters. The second-order valence-corrected chi connectivity index (χ2v) is 5.07. The van der Waals surface area contributed by atoms with E-state index in [0.29, 0.717) is 6.04 Å². The Hall–Kier alpha value is -0.410. The minimum absolute atomic E-state index is 0.439. The van der Waals surface area contributed by atoms with Gasteiger partial charge in [0.2, 0.25) is 0 Å². The van der Waals surface area contributed by atoms with Crippen molar-refractivity contribution in [3.8, 4) is 0 Å². The summed E-state index contributed by atoms with van der Waals surface area (Å²) in [6.45, 7) is 4.50. The third-order valence-electron chi connectivity index (χ3n) is 3.08. The highest BCUT2D eigenvalue weighted by molar-refractivity contribution is 7.09. The van der Waals surface area contributed by atoms with E-state index in [2.05, 4.69) is 24.5 Å². The Morgan fingerprint density at radius 1 is 1.71 bits per heavy atom. The van der Waals surface area contributed by atoms with Crippen molar-refractivity contribution in [1.29, 1.82) is 0 Å². The van der Waals surface area contributed by atoms with Crippen LogP contribution in [-0.4, -0.2) is 12.0 Å². The molecule has 3 heteroatoms. The predicted octanol–water partition coefficient (Wildman–Crippen LogP) is 2.94. The van der Waals surface area contributed by atoms with Crippen LogP contribution in [0.3, 0.4) is 0 Å². The van der Waals surface area contributed by atoms with Crippen LogP contribution in [-0.2, 0) is 0 Å². The molecule has 2 nitrogen and oxygen atoms in total. The summed E-state index contributed by atoms with van der Waals surface area (Å²) < 4.78 is 0. The average Bonchev–Trinajstić information content (AvgIpc) is 2.74. The van der Waals surface area contributed by atoms with Gasteiger partial charge in [0, 0.05) is 17.3 Å². The smallest absolute Gasteiger partial charge is 0.0962 e. The Kier molecular flexibility index (Phi) is 2.88. The van der Waals surface area contributed by atoms with Gasteiger partial charge in [-0.1, -0.05) is 13.8 Å². The largest absolute Gasteiger partial charge is 0.312 e. The van der Waals surface area contributed by atoms with Crippen LogP contribution in [0.5, 0.6) is 0 Å². The van der Waals surface area contributed by atoms with Gasteiger partial charge in [0.15, 0.2) is 0 Å². The molecule has 78 valence electrons. The van der Waals surface area contributed by atoms with Gasteiger partial charge in [-0.05, 0) is 25.8 Å². The SMILES string of the molecule is CCC(NC)c1csc(C2CC2C)n1. The molecule has 1 N–H and O–H groups in total. The van der Waals surface area contributed by atoms with Crippen molar-refractivity contribution in [2.45, 2.75) is 38.6 Å². The summed E-state index contributed by atoms with van der Waals surface area (Å²) in [6, 6.07) is 0.439. The Labute approximate surface area is 89.8 Å². The molecule has 0 radical (unpaired) electrons. The van der Waals surface area contributed by atoms with Gasteiger partial charge in [0.1, 0.15) is 0 Å². The quantitative estimate of drug-likeness (QED) is 0.826. The molecule has 0 amide bonds. The molecule has 1 heterocycles. The molecular weight excluding hydrogens is 192 g/mol. The van der Waals surface area contributed by atoms with Gasteiger partial charge in [-0.2, -0.15) is 0 Å². The molecule has 1 saturated carbocycles. The first kappa shape index (κ1) is 10.1. The van der Waals surface area contributed by atoms with Gasteiger partial charge in [0.05, 0.1) is 10.7 Å². The summed E-state index contributed by atoms with van der Waals surface area (Å²) in [5.41, 5.74) is 1.23. The molecule has 3 unspecified atom stereocenters. The topological polar surface area (TPSA) is 24.9 Å². The van der Waals surface area contributed by atoms with E-state index in [1.165, 1.54) is 17.1 Å². The number of rotatable bonds is 4. The Balaban J connectivity index is 2.09. The zero-order valence-corrected chi connectivity index (χ0v) is 9.90. The first-order chi connectivity index (χ1) is 6.76. The molecule has 1 aromatic heterocycles. The lowest BCUT2D eigenvalue weighted by Gasteiger charge is -2.09. The third kappa shape index (κ3) is 1.84. The maximum absolute atomic E-state index is 4.72. The minimum Gasteiger partial charge on any atom is -0.312 e. The van der Waals surface area contributed by atoms with Crippen LogP contribution in [0.25, 0.3) is 0 Å². The molecule has 0 saturated heterocycles. The predicted molar refractivity (Wildman–Crippen MR) is 60.7 cm³/mol. The molecule has 1 aliphatic carbocycles. The molecule has 1 fully saturated rings. The highest BCUT2D eigenvalue weighted by Gasteiger charge is 2.36. The number of nitrogens with one attached hydrogen (secondary N) is 1. The highest BCUT2D eigenvalue weighted by Crippen LogP contribution is 2.48. The summed E-state index contributed by atoms with van der Waals surface area (Å²) in [5, 5.41) is 6.86. The zero-order valence-electron chi connectivity index (χ0n) is 9.08. The van der Waals surface area contributed by atoms with Crippen molar-refractivity contribution in [3.63, 3.8) is 0 Å². The van der Waals surface area contributed by atoms with Crippen LogP contribution in [0.15, 0.2) is 5.38 Å². The lowest BCUT2D eigenvalue weighted by Crippen LogP contribution is -2.15. The summed E-state index contributed by atoms with van der Waals surface area (Å²) in [6.07, 6.45) is 2.45. The number of hydrogen-bond donors (Lipinski definition) is 1. The van der Waals surface area contributed by atoms with Gasteiger partial charge in [-0.25, -0.2) is 4.98 Å². The van der Waals surface area contributed by atoms with Gasteiger partial charge >= 0.3 is 0 Å². The molecule has 1 aliphatic rings. The van der Waals surface area contributed by atoms with Crippen molar-refractivity contribution in [2.75, 3.05) is 7.05 Å². The highest BCUT2D eigenvalue weighted by atomic mass is 32.1. The van der Waals surface area contributed by atoms with Crippen molar-refractivity contribution in [1.82, 2.24) is 10.3 Å². The Morgan fingerprint density at radius 2 is 2.43 bits per heavy atom. The van der Waals surface area contributed by atoms with E-state index in [0.717, 1.165) is 18.3 Å². The summed E-state index contributed by atoms with van der Waals surface area (Å²) in [4.78, 5) is 4.72. The monoisotopic (exact) mass is 210 g/mol. The molecule has 1 aromatic rings. The van der Waals surface area contributed by atoms with Crippen molar-refractivity contribution >= 4 is 11.3 Å². The number of aromatic nitrogens is 1. The number of thiazole rings is 1. The lowest BCUT2D eigenvalue weighted by atomic mass is 10.2. The van der Waals surface area contributed by atoms with E-state index in [4.69, 9.17) is 4.98 Å². The van der Waals surface area contributed by atoms with Crippen LogP contribution < -0.4 is 5.32 Å². The van der Waals surface area contributed by atoms with E-state index in [9.17, 15) is 0 Å². The van der Waals surface area contributed by atoms with Gasteiger partial charge in [-0.15, -0.1) is 11.3 Å². The van der Waals surface area contributed by atoms with E-state index < -0.39 is 0 Å². The average molecular weight is 210 g/mol. The normalized spacial score (nSPS) is 27.6. The maximum Gasteiger partial charge on any atom is 0.0962 e. The van der Waals surface area contributed by atoms with Gasteiger partial charge in [0.25, 0.3) is 0 Å². The van der Waals surface area contributed by atoms with Crippen LogP contribution in [0.4, 0.5) is 0 Å². The minimum atomic E-state index is 0.439. The first-order valence-electron chi connectivity index (χ1n) is 5.38. The summed E-state index contributed by atoms with van der Waals surface area (Å²) >= 11 is 1.83. The van der Waals surface area contributed by atoms with Crippen LogP contribution in [0, 0.1) is 5.92 Å². The van der Waals surface area contributed by atoms with Crippen molar-refractivity contribution in [2.24, 2.45) is 5.92 Å². The fourth-order valence-corrected chi connectivity index (χ4v) is 2.98. The van der Waals surface area contributed by atoms with Crippen LogP contribution in [0.2, 0.25) is 0 Å². The fourth-order valence-electron chi connectivity index (χ4n) is 1.86. The molecule has 0 aliphatic heterocycles. The van der Waals surface area contributed by atoms with Crippen LogP contribution >= 0.6 is 11.3 Å². The summed E-state index contributed by atoms with van der Waals surface area (Å²) in [7, 11) is 2.01. The molecule has 2 rings (SSSR count). The fraction of sp³-hybridized carbons (Fsp3) is 0.727. The van der Waals surface area contributed by atoms with Crippen LogP contribution in [0.1, 0.15) is 49.4 Å². The summed E-state index contributed by atoms with van der Waals surface area (Å²) in [5.74, 6) is 1.63. The molecular formula is C11H18N2S. The van der Waals surface area contributed by atoms with Gasteiger partial charge < -0.3 is 5.32 Å². The molecule has 14 heavy (non-hydrogen) atoms. The van der Waals surface area contributed by atoms with E-state index in [-0.39, 0.29) is 0 Å². The Morgan fingerprint density at radius 3 is 2.93 bits per heavy atom. The number of hydrogen-bond acceptors (Lipinski definition) is 3. The Bertz CT molecular complexity index is 304. The zero-order chi connectivity index (χ0) is 10.1. The first-order valence-corrected chi connectivity index (χ1v) is 6.26. The standard InChI is InChI=1S/C11H18N2S/c1-4-9(12-3)10-6-14-11(13-10)8-5-7(8)2/h6-9,12H,4-5H2,1-3H3. The molecule has 0 bridgehead atoms. The lowest BCUT2D eigenvalue weighted by molar-refractivity contribution is 0.563. The molecule has 0 spiro atoms. The van der Waals surface area contributed by atoms with Crippen molar-refractivity contribution in [3.05, 3.63) is 16.1 Å². The van der Waals surface area contributed by atoms with E-state index in [1.54, 1.807) is 0 Å². The van der Waals surface area contributed by atoms with E-state index in [1.807, 2.05) is 18.4 Å². The second-order valence-electron chi connectivity index (χ2n) is 4.18. The molecule has 0 aromatic carbocycles. The van der Waals surface area contributed by atoms with Crippen molar-refractivity contribution < 1.29 is 0 Å². The maximum atomic E-state index is 4.72. The second kappa shape index (κ2) is 3.99. The third-order valence-corrected chi connectivity index (χ3v) is 4.07. The number of nitrogens with zero attached hydrogens (tertiary/aromatic N) is 1.